The lowest BCUT2D eigenvalue weighted by Gasteiger charge is -2.27. The number of hydrogen-bond donors (Lipinski definition) is 2. The predicted octanol–water partition coefficient (Wildman–Crippen LogP) is 2.55. The molecule has 1 heterocycles. The molecule has 0 unspecified atom stereocenters. The van der Waals surface area contributed by atoms with E-state index < -0.39 is 0 Å². The number of ether oxygens (including phenoxy) is 3. The van der Waals surface area contributed by atoms with Crippen molar-refractivity contribution < 1.29 is 14.2 Å². The number of aliphatic imine (C=N–C) groups is 1. The van der Waals surface area contributed by atoms with Crippen molar-refractivity contribution in [2.75, 3.05) is 34.4 Å². The molecule has 0 radical (unpaired) electrons. The molecule has 138 valence electrons. The molecule has 0 fully saturated rings. The molecule has 0 aromatic heterocycles. The van der Waals surface area contributed by atoms with Crippen LogP contribution in [0.2, 0.25) is 0 Å². The van der Waals surface area contributed by atoms with Crippen molar-refractivity contribution >= 4 is 5.84 Å². The fourth-order valence-corrected chi connectivity index (χ4v) is 2.98. The van der Waals surface area contributed by atoms with Crippen molar-refractivity contribution in [3.63, 3.8) is 0 Å². The van der Waals surface area contributed by atoms with Crippen LogP contribution in [0.1, 0.15) is 17.2 Å². The maximum absolute atomic E-state index is 5.56. The smallest absolute Gasteiger partial charge is 0.127 e. The van der Waals surface area contributed by atoms with E-state index in [1.54, 1.807) is 21.3 Å². The van der Waals surface area contributed by atoms with E-state index in [1.165, 1.54) is 5.56 Å². The van der Waals surface area contributed by atoms with Crippen LogP contribution in [0.15, 0.2) is 47.5 Å². The van der Waals surface area contributed by atoms with Gasteiger partial charge in [0.25, 0.3) is 0 Å². The molecule has 0 bridgehead atoms. The van der Waals surface area contributed by atoms with Crippen molar-refractivity contribution in [2.45, 2.75) is 12.6 Å². The second-order valence-corrected chi connectivity index (χ2v) is 5.96. The van der Waals surface area contributed by atoms with Crippen LogP contribution in [-0.2, 0) is 6.54 Å². The van der Waals surface area contributed by atoms with Gasteiger partial charge < -0.3 is 24.8 Å². The lowest BCUT2D eigenvalue weighted by atomic mass is 10.0. The molecule has 0 amide bonds. The summed E-state index contributed by atoms with van der Waals surface area (Å²) in [5.74, 6) is 3.32. The Bertz CT molecular complexity index is 759. The van der Waals surface area contributed by atoms with Crippen LogP contribution in [0.3, 0.4) is 0 Å². The summed E-state index contributed by atoms with van der Waals surface area (Å²) < 4.78 is 16.1. The molecule has 0 spiro atoms. The summed E-state index contributed by atoms with van der Waals surface area (Å²) in [7, 11) is 4.99. The molecule has 2 N–H and O–H groups in total. The topological polar surface area (TPSA) is 64.1 Å². The van der Waals surface area contributed by atoms with E-state index in [0.29, 0.717) is 6.54 Å². The minimum Gasteiger partial charge on any atom is -0.497 e. The zero-order valence-corrected chi connectivity index (χ0v) is 15.4. The SMILES string of the molecule is COc1ccc(CNC2=NCCN[C@H]2c2ccc(OC)cc2OC)cc1. The molecule has 26 heavy (non-hydrogen) atoms. The number of hydrogen-bond acceptors (Lipinski definition) is 6. The largest absolute Gasteiger partial charge is 0.497 e. The minimum absolute atomic E-state index is 0.0390. The highest BCUT2D eigenvalue weighted by atomic mass is 16.5. The first-order valence-electron chi connectivity index (χ1n) is 8.61. The van der Waals surface area contributed by atoms with Crippen molar-refractivity contribution in [3.05, 3.63) is 53.6 Å². The number of benzene rings is 2. The Morgan fingerprint density at radius 3 is 2.42 bits per heavy atom. The van der Waals surface area contributed by atoms with E-state index in [4.69, 9.17) is 14.2 Å². The Balaban J connectivity index is 1.76. The molecule has 1 aliphatic heterocycles. The monoisotopic (exact) mass is 355 g/mol. The zero-order chi connectivity index (χ0) is 18.4. The Labute approximate surface area is 154 Å². The molecule has 2 aromatic rings. The van der Waals surface area contributed by atoms with Gasteiger partial charge in [0.05, 0.1) is 33.9 Å². The van der Waals surface area contributed by atoms with E-state index in [9.17, 15) is 0 Å². The fourth-order valence-electron chi connectivity index (χ4n) is 2.98. The number of methoxy groups -OCH3 is 3. The molecule has 1 aliphatic rings. The summed E-state index contributed by atoms with van der Waals surface area (Å²) in [6.07, 6.45) is 0. The lowest BCUT2D eigenvalue weighted by molar-refractivity contribution is 0.388. The van der Waals surface area contributed by atoms with Crippen molar-refractivity contribution in [1.82, 2.24) is 10.6 Å². The molecule has 1 atom stereocenters. The fraction of sp³-hybridized carbons (Fsp3) is 0.350. The summed E-state index contributed by atoms with van der Waals surface area (Å²) in [6.45, 7) is 2.27. The van der Waals surface area contributed by atoms with Gasteiger partial charge in [0.2, 0.25) is 0 Å². The summed E-state index contributed by atoms with van der Waals surface area (Å²) >= 11 is 0. The van der Waals surface area contributed by atoms with Crippen LogP contribution < -0.4 is 24.8 Å². The van der Waals surface area contributed by atoms with E-state index in [-0.39, 0.29) is 6.04 Å². The summed E-state index contributed by atoms with van der Waals surface area (Å²) in [4.78, 5) is 4.69. The number of amidine groups is 1. The Morgan fingerprint density at radius 2 is 1.73 bits per heavy atom. The quantitative estimate of drug-likeness (QED) is 0.834. The van der Waals surface area contributed by atoms with Gasteiger partial charge in [-0.1, -0.05) is 12.1 Å². The molecule has 0 aliphatic carbocycles. The zero-order valence-electron chi connectivity index (χ0n) is 15.4. The molecule has 3 rings (SSSR count). The van der Waals surface area contributed by atoms with Gasteiger partial charge in [0.15, 0.2) is 0 Å². The Morgan fingerprint density at radius 1 is 1.00 bits per heavy atom. The summed E-state index contributed by atoms with van der Waals surface area (Å²) in [5, 5.41) is 6.98. The van der Waals surface area contributed by atoms with Gasteiger partial charge in [-0.05, 0) is 29.8 Å². The number of nitrogens with one attached hydrogen (secondary N) is 2. The van der Waals surface area contributed by atoms with E-state index in [1.807, 2.05) is 42.5 Å². The maximum Gasteiger partial charge on any atom is 0.127 e. The van der Waals surface area contributed by atoms with Crippen molar-refractivity contribution in [1.29, 1.82) is 0 Å². The van der Waals surface area contributed by atoms with E-state index in [0.717, 1.165) is 41.7 Å². The van der Waals surface area contributed by atoms with Crippen LogP contribution in [0.4, 0.5) is 0 Å². The van der Waals surface area contributed by atoms with Crippen LogP contribution in [0, 0.1) is 0 Å². The third kappa shape index (κ3) is 4.08. The average molecular weight is 355 g/mol. The molecular weight excluding hydrogens is 330 g/mol. The van der Waals surface area contributed by atoms with Crippen LogP contribution in [0.5, 0.6) is 17.2 Å². The van der Waals surface area contributed by atoms with Gasteiger partial charge in [-0.2, -0.15) is 0 Å². The second kappa shape index (κ2) is 8.58. The molecular formula is C20H25N3O3. The third-order valence-corrected chi connectivity index (χ3v) is 4.40. The highest BCUT2D eigenvalue weighted by molar-refractivity contribution is 5.89. The Hall–Kier alpha value is -2.73. The van der Waals surface area contributed by atoms with Gasteiger partial charge in [0, 0.05) is 24.7 Å². The summed E-state index contributed by atoms with van der Waals surface area (Å²) in [5.41, 5.74) is 2.20. The first-order chi connectivity index (χ1) is 12.7. The molecule has 0 saturated heterocycles. The number of rotatable bonds is 6. The second-order valence-electron chi connectivity index (χ2n) is 5.96. The van der Waals surface area contributed by atoms with E-state index >= 15 is 0 Å². The molecule has 6 nitrogen and oxygen atoms in total. The van der Waals surface area contributed by atoms with Gasteiger partial charge in [-0.3, -0.25) is 4.99 Å². The Kier molecular flexibility index (Phi) is 5.96. The molecule has 6 heteroatoms. The van der Waals surface area contributed by atoms with Crippen LogP contribution in [0.25, 0.3) is 0 Å². The first kappa shape index (κ1) is 18.1. The molecule has 2 aromatic carbocycles. The normalized spacial score (nSPS) is 16.6. The van der Waals surface area contributed by atoms with Gasteiger partial charge in [-0.25, -0.2) is 0 Å². The van der Waals surface area contributed by atoms with Gasteiger partial charge in [0.1, 0.15) is 23.1 Å². The lowest BCUT2D eigenvalue weighted by Crippen LogP contribution is -2.42. The first-order valence-corrected chi connectivity index (χ1v) is 8.61. The van der Waals surface area contributed by atoms with Crippen LogP contribution >= 0.6 is 0 Å². The van der Waals surface area contributed by atoms with Crippen LogP contribution in [-0.4, -0.2) is 40.3 Å². The van der Waals surface area contributed by atoms with Crippen molar-refractivity contribution in [3.8, 4) is 17.2 Å². The highest BCUT2D eigenvalue weighted by Gasteiger charge is 2.24. The predicted molar refractivity (Wildman–Crippen MR) is 102 cm³/mol. The molecule has 0 saturated carbocycles. The summed E-state index contributed by atoms with van der Waals surface area (Å²) in [6, 6.07) is 13.8. The third-order valence-electron chi connectivity index (χ3n) is 4.40. The highest BCUT2D eigenvalue weighted by Crippen LogP contribution is 2.30. The maximum atomic E-state index is 5.56. The van der Waals surface area contributed by atoms with Gasteiger partial charge in [-0.15, -0.1) is 0 Å². The van der Waals surface area contributed by atoms with Crippen molar-refractivity contribution in [2.24, 2.45) is 4.99 Å². The number of nitrogens with zero attached hydrogens (tertiary/aromatic N) is 1. The van der Waals surface area contributed by atoms with E-state index in [2.05, 4.69) is 15.6 Å². The average Bonchev–Trinajstić information content (AvgIpc) is 2.72. The minimum atomic E-state index is -0.0390. The van der Waals surface area contributed by atoms with Gasteiger partial charge >= 0.3 is 0 Å². The standard InChI is InChI=1S/C20H25N3O3/c1-24-15-6-4-14(5-7-15)13-23-20-19(21-10-11-22-20)17-9-8-16(25-2)12-18(17)26-3/h4-9,12,19,21H,10-11,13H2,1-3H3,(H,22,23)/t19-/m0/s1.